The number of hydrogen-bond donors (Lipinski definition) is 2. The summed E-state index contributed by atoms with van der Waals surface area (Å²) in [4.78, 5) is 14.4. The minimum Gasteiger partial charge on any atom is -0.508 e. The van der Waals surface area contributed by atoms with Gasteiger partial charge in [-0.25, -0.2) is 0 Å². The molecule has 0 spiro atoms. The molecule has 5 nitrogen and oxygen atoms in total. The Balaban J connectivity index is 1.60. The van der Waals surface area contributed by atoms with Crippen LogP contribution in [0, 0.1) is 6.92 Å². The van der Waals surface area contributed by atoms with Crippen LogP contribution in [0.15, 0.2) is 57.6 Å². The number of benzene rings is 1. The predicted molar refractivity (Wildman–Crippen MR) is 103 cm³/mol. The van der Waals surface area contributed by atoms with Crippen molar-refractivity contribution in [2.75, 3.05) is 5.32 Å². The molecule has 3 aromatic rings. The van der Waals surface area contributed by atoms with Gasteiger partial charge >= 0.3 is 0 Å². The zero-order valence-electron chi connectivity index (χ0n) is 14.7. The monoisotopic (exact) mass is 378 g/mol. The highest BCUT2D eigenvalue weighted by molar-refractivity contribution is 7.10. The molecule has 1 aromatic carbocycles. The Bertz CT molecular complexity index is 1050. The van der Waals surface area contributed by atoms with Crippen LogP contribution in [0.5, 0.6) is 5.75 Å². The first-order chi connectivity index (χ1) is 13.1. The number of aromatic nitrogens is 1. The smallest absolute Gasteiger partial charge is 0.233 e. The van der Waals surface area contributed by atoms with Crippen LogP contribution in [0.1, 0.15) is 46.4 Å². The number of aromatic hydroxyl groups is 1. The van der Waals surface area contributed by atoms with Gasteiger partial charge in [0.25, 0.3) is 0 Å². The molecule has 136 valence electrons. The maximum absolute atomic E-state index is 13.2. The standard InChI is InChI=1S/C21H18N2O3S/c1-11-18-20(17-3-2-8-27-17)19-15(22-21(18)26-23-11)9-13(10-16(19)25)12-4-6-14(24)7-5-12/h2-8,13,20,22,24H,9-10H2,1H3/t13-,20+/m1/s1. The van der Waals surface area contributed by atoms with Crippen LogP contribution in [0.25, 0.3) is 0 Å². The number of Topliss-reactive ketones (excluding diaryl/α,β-unsaturated/α-hetero) is 1. The number of anilines is 1. The minimum atomic E-state index is -0.115. The molecule has 0 fully saturated rings. The number of carbonyl (C=O) groups is 1. The molecular weight excluding hydrogens is 360 g/mol. The maximum atomic E-state index is 13.2. The van der Waals surface area contributed by atoms with Crippen molar-refractivity contribution in [1.82, 2.24) is 5.16 Å². The summed E-state index contributed by atoms with van der Waals surface area (Å²) in [6, 6.07) is 11.2. The van der Waals surface area contributed by atoms with Crippen molar-refractivity contribution in [2.45, 2.75) is 31.6 Å². The van der Waals surface area contributed by atoms with E-state index in [1.807, 2.05) is 30.5 Å². The summed E-state index contributed by atoms with van der Waals surface area (Å²) in [5.74, 6) is 1.00. The van der Waals surface area contributed by atoms with Crippen LogP contribution < -0.4 is 5.32 Å². The van der Waals surface area contributed by atoms with E-state index in [0.717, 1.165) is 39.4 Å². The summed E-state index contributed by atoms with van der Waals surface area (Å²) in [5.41, 5.74) is 4.60. The van der Waals surface area contributed by atoms with Crippen LogP contribution in [-0.4, -0.2) is 16.0 Å². The molecule has 2 atom stereocenters. The topological polar surface area (TPSA) is 75.4 Å². The van der Waals surface area contributed by atoms with E-state index in [4.69, 9.17) is 4.52 Å². The first kappa shape index (κ1) is 16.3. The number of aryl methyl sites for hydroxylation is 1. The number of ketones is 1. The van der Waals surface area contributed by atoms with Gasteiger partial charge in [0.15, 0.2) is 5.78 Å². The molecule has 27 heavy (non-hydrogen) atoms. The van der Waals surface area contributed by atoms with E-state index in [-0.39, 0.29) is 23.4 Å². The van der Waals surface area contributed by atoms with E-state index < -0.39 is 0 Å². The number of nitrogens with one attached hydrogen (secondary N) is 1. The highest BCUT2D eigenvalue weighted by Gasteiger charge is 2.41. The lowest BCUT2D eigenvalue weighted by molar-refractivity contribution is -0.116. The zero-order valence-corrected chi connectivity index (χ0v) is 15.5. The fourth-order valence-electron chi connectivity index (χ4n) is 4.19. The van der Waals surface area contributed by atoms with Crippen LogP contribution in [0.3, 0.4) is 0 Å². The Hall–Kier alpha value is -2.86. The summed E-state index contributed by atoms with van der Waals surface area (Å²) in [6.45, 7) is 1.92. The van der Waals surface area contributed by atoms with Gasteiger partial charge in [-0.15, -0.1) is 11.3 Å². The van der Waals surface area contributed by atoms with Crippen molar-refractivity contribution in [3.8, 4) is 5.75 Å². The molecule has 0 radical (unpaired) electrons. The molecule has 0 unspecified atom stereocenters. The lowest BCUT2D eigenvalue weighted by Gasteiger charge is -2.34. The average Bonchev–Trinajstić information content (AvgIpc) is 3.31. The van der Waals surface area contributed by atoms with Gasteiger partial charge in [-0.05, 0) is 48.4 Å². The third kappa shape index (κ3) is 2.59. The number of thiophene rings is 1. The third-order valence-corrected chi connectivity index (χ3v) is 6.39. The second-order valence-electron chi connectivity index (χ2n) is 7.10. The normalized spacial score (nSPS) is 21.6. The number of rotatable bonds is 2. The van der Waals surface area contributed by atoms with Gasteiger partial charge in [0.05, 0.1) is 17.2 Å². The lowest BCUT2D eigenvalue weighted by atomic mass is 9.74. The highest BCUT2D eigenvalue weighted by Crippen LogP contribution is 2.49. The molecule has 1 aliphatic carbocycles. The number of nitrogens with zero attached hydrogens (tertiary/aromatic N) is 1. The fraction of sp³-hybridized carbons (Fsp3) is 0.238. The number of fused-ring (bicyclic) bond motifs is 1. The SMILES string of the molecule is Cc1noc2c1[C@H](c1cccs1)C1=C(C[C@@H](c3ccc(O)cc3)CC1=O)N2. The van der Waals surface area contributed by atoms with Gasteiger partial charge in [0.1, 0.15) is 5.75 Å². The van der Waals surface area contributed by atoms with Gasteiger partial charge in [-0.2, -0.15) is 0 Å². The molecule has 2 N–H and O–H groups in total. The summed E-state index contributed by atoms with van der Waals surface area (Å²) in [7, 11) is 0. The summed E-state index contributed by atoms with van der Waals surface area (Å²) in [6.07, 6.45) is 1.19. The van der Waals surface area contributed by atoms with Crippen molar-refractivity contribution in [2.24, 2.45) is 0 Å². The average molecular weight is 378 g/mol. The number of phenols is 1. The number of allylic oxidation sites excluding steroid dienone is 2. The van der Waals surface area contributed by atoms with Gasteiger partial charge in [-0.3, -0.25) is 4.79 Å². The second kappa shape index (κ2) is 6.09. The molecule has 0 saturated carbocycles. The Labute approximate surface area is 160 Å². The summed E-state index contributed by atoms with van der Waals surface area (Å²) in [5, 5.41) is 19.0. The van der Waals surface area contributed by atoms with Gasteiger partial charge in [0, 0.05) is 22.6 Å². The zero-order chi connectivity index (χ0) is 18.5. The predicted octanol–water partition coefficient (Wildman–Crippen LogP) is 4.71. The van der Waals surface area contributed by atoms with Crippen molar-refractivity contribution in [3.05, 3.63) is 74.7 Å². The van der Waals surface area contributed by atoms with Crippen molar-refractivity contribution < 1.29 is 14.4 Å². The molecule has 2 aromatic heterocycles. The number of hydrogen-bond acceptors (Lipinski definition) is 6. The third-order valence-electron chi connectivity index (χ3n) is 5.45. The fourth-order valence-corrected chi connectivity index (χ4v) is 5.04. The van der Waals surface area contributed by atoms with Gasteiger partial charge in [-0.1, -0.05) is 23.4 Å². The molecule has 0 saturated heterocycles. The van der Waals surface area contributed by atoms with Crippen LogP contribution >= 0.6 is 11.3 Å². The highest BCUT2D eigenvalue weighted by atomic mass is 32.1. The lowest BCUT2D eigenvalue weighted by Crippen LogP contribution is -2.29. The van der Waals surface area contributed by atoms with Crippen molar-refractivity contribution in [1.29, 1.82) is 0 Å². The van der Waals surface area contributed by atoms with E-state index in [9.17, 15) is 9.90 Å². The Morgan fingerprint density at radius 2 is 2.04 bits per heavy atom. The van der Waals surface area contributed by atoms with Gasteiger partial charge in [0.2, 0.25) is 5.88 Å². The first-order valence-corrected chi connectivity index (χ1v) is 9.81. The summed E-state index contributed by atoms with van der Waals surface area (Å²) < 4.78 is 5.52. The molecule has 5 rings (SSSR count). The summed E-state index contributed by atoms with van der Waals surface area (Å²) >= 11 is 1.65. The van der Waals surface area contributed by atoms with E-state index in [2.05, 4.69) is 16.5 Å². The minimum absolute atomic E-state index is 0.0823. The van der Waals surface area contributed by atoms with E-state index >= 15 is 0 Å². The van der Waals surface area contributed by atoms with Crippen LogP contribution in [-0.2, 0) is 4.79 Å². The largest absolute Gasteiger partial charge is 0.508 e. The first-order valence-electron chi connectivity index (χ1n) is 8.93. The molecule has 3 heterocycles. The van der Waals surface area contributed by atoms with Crippen molar-refractivity contribution in [3.63, 3.8) is 0 Å². The van der Waals surface area contributed by atoms with Crippen molar-refractivity contribution >= 4 is 23.0 Å². The Morgan fingerprint density at radius 1 is 1.22 bits per heavy atom. The van der Waals surface area contributed by atoms with E-state index in [1.165, 1.54) is 0 Å². The molecule has 1 aliphatic heterocycles. The molecule has 2 aliphatic rings. The second-order valence-corrected chi connectivity index (χ2v) is 8.08. The van der Waals surface area contributed by atoms with E-state index in [0.29, 0.717) is 12.3 Å². The molecule has 6 heteroatoms. The van der Waals surface area contributed by atoms with Gasteiger partial charge < -0.3 is 14.9 Å². The maximum Gasteiger partial charge on any atom is 0.233 e. The van der Waals surface area contributed by atoms with Crippen LogP contribution in [0.4, 0.5) is 5.88 Å². The molecule has 0 amide bonds. The molecular formula is C21H18N2O3S. The molecule has 0 bridgehead atoms. The quantitative estimate of drug-likeness (QED) is 0.675. The number of carbonyl (C=O) groups excluding carboxylic acids is 1. The number of phenolic OH excluding ortho intramolecular Hbond substituents is 1. The Morgan fingerprint density at radius 3 is 2.78 bits per heavy atom. The Kier molecular flexibility index (Phi) is 3.68. The van der Waals surface area contributed by atoms with E-state index in [1.54, 1.807) is 23.5 Å². The van der Waals surface area contributed by atoms with Crippen LogP contribution in [0.2, 0.25) is 0 Å².